The number of benzene rings is 2. The first-order valence-electron chi connectivity index (χ1n) is 11.1. The van der Waals surface area contributed by atoms with E-state index in [4.69, 9.17) is 20.4 Å². The molecule has 0 atom stereocenters. The van der Waals surface area contributed by atoms with Gasteiger partial charge in [0, 0.05) is 23.5 Å². The predicted octanol–water partition coefficient (Wildman–Crippen LogP) is 4.97. The number of fused-ring (bicyclic) bond motifs is 1. The Balaban J connectivity index is 1.59. The van der Waals surface area contributed by atoms with Crippen LogP contribution in [0.5, 0.6) is 5.75 Å². The van der Waals surface area contributed by atoms with Crippen LogP contribution >= 0.6 is 11.3 Å². The van der Waals surface area contributed by atoms with Crippen molar-refractivity contribution in [1.82, 2.24) is 9.97 Å². The van der Waals surface area contributed by atoms with Gasteiger partial charge in [-0.05, 0) is 48.4 Å². The van der Waals surface area contributed by atoms with Crippen molar-refractivity contribution in [2.24, 2.45) is 5.73 Å². The van der Waals surface area contributed by atoms with Gasteiger partial charge in [-0.1, -0.05) is 42.5 Å². The topological polar surface area (TPSA) is 84.5 Å². The molecule has 0 saturated carbocycles. The SMILES string of the molecule is NC=CCCc1cccc(-c2cc3nc(-c4cccc(O)c4)nc(N4CCOCC4)c3s2)c1. The molecule has 168 valence electrons. The highest BCUT2D eigenvalue weighted by molar-refractivity contribution is 7.22. The number of hydrogen-bond donors (Lipinski definition) is 2. The fraction of sp³-hybridized carbons (Fsp3) is 0.231. The molecule has 1 saturated heterocycles. The molecule has 33 heavy (non-hydrogen) atoms. The summed E-state index contributed by atoms with van der Waals surface area (Å²) in [6.45, 7) is 2.96. The zero-order valence-electron chi connectivity index (χ0n) is 18.3. The summed E-state index contributed by atoms with van der Waals surface area (Å²) in [6.07, 6.45) is 5.46. The van der Waals surface area contributed by atoms with Crippen LogP contribution in [0, 0.1) is 0 Å². The lowest BCUT2D eigenvalue weighted by Gasteiger charge is -2.28. The molecule has 0 unspecified atom stereocenters. The smallest absolute Gasteiger partial charge is 0.162 e. The number of hydrogen-bond acceptors (Lipinski definition) is 7. The van der Waals surface area contributed by atoms with Crippen molar-refractivity contribution in [2.45, 2.75) is 12.8 Å². The number of allylic oxidation sites excluding steroid dienone is 1. The highest BCUT2D eigenvalue weighted by Crippen LogP contribution is 2.39. The molecule has 0 bridgehead atoms. The van der Waals surface area contributed by atoms with Crippen LogP contribution in [-0.2, 0) is 11.2 Å². The largest absolute Gasteiger partial charge is 0.508 e. The van der Waals surface area contributed by atoms with Gasteiger partial charge in [0.15, 0.2) is 11.6 Å². The lowest BCUT2D eigenvalue weighted by Crippen LogP contribution is -2.36. The molecule has 5 rings (SSSR count). The normalized spacial score (nSPS) is 14.4. The lowest BCUT2D eigenvalue weighted by molar-refractivity contribution is 0.122. The van der Waals surface area contributed by atoms with Crippen LogP contribution in [0.1, 0.15) is 12.0 Å². The van der Waals surface area contributed by atoms with Crippen molar-refractivity contribution in [1.29, 1.82) is 0 Å². The van der Waals surface area contributed by atoms with E-state index in [1.807, 2.05) is 18.2 Å². The van der Waals surface area contributed by atoms with Crippen molar-refractivity contribution in [3.63, 3.8) is 0 Å². The van der Waals surface area contributed by atoms with Gasteiger partial charge in [0.05, 0.1) is 23.4 Å². The summed E-state index contributed by atoms with van der Waals surface area (Å²) in [7, 11) is 0. The van der Waals surface area contributed by atoms with Crippen LogP contribution in [0.2, 0.25) is 0 Å². The number of rotatable bonds is 6. The number of phenolic OH excluding ortho intramolecular Hbond substituents is 1. The maximum atomic E-state index is 9.97. The second-order valence-electron chi connectivity index (χ2n) is 8.01. The van der Waals surface area contributed by atoms with E-state index >= 15 is 0 Å². The molecule has 1 fully saturated rings. The molecule has 0 aliphatic carbocycles. The number of aromatic hydroxyl groups is 1. The zero-order valence-corrected chi connectivity index (χ0v) is 19.1. The van der Waals surface area contributed by atoms with Gasteiger partial charge in [0.1, 0.15) is 5.75 Å². The number of ether oxygens (including phenoxy) is 1. The van der Waals surface area contributed by atoms with Crippen LogP contribution < -0.4 is 10.6 Å². The van der Waals surface area contributed by atoms with Gasteiger partial charge < -0.3 is 20.5 Å². The van der Waals surface area contributed by atoms with Gasteiger partial charge in [-0.25, -0.2) is 9.97 Å². The van der Waals surface area contributed by atoms with E-state index < -0.39 is 0 Å². The van der Waals surface area contributed by atoms with E-state index in [0.717, 1.165) is 52.4 Å². The number of nitrogens with zero attached hydrogens (tertiary/aromatic N) is 3. The van der Waals surface area contributed by atoms with Crippen LogP contribution in [0.25, 0.3) is 32.0 Å². The van der Waals surface area contributed by atoms with Gasteiger partial charge in [-0.3, -0.25) is 0 Å². The summed E-state index contributed by atoms with van der Waals surface area (Å²) in [5.74, 6) is 1.75. The molecule has 6 nitrogen and oxygen atoms in total. The Morgan fingerprint density at radius 3 is 2.67 bits per heavy atom. The van der Waals surface area contributed by atoms with Crippen molar-refractivity contribution >= 4 is 27.4 Å². The molecule has 0 amide bonds. The Morgan fingerprint density at radius 2 is 1.85 bits per heavy atom. The van der Waals surface area contributed by atoms with Gasteiger partial charge in [-0.15, -0.1) is 11.3 Å². The van der Waals surface area contributed by atoms with E-state index in [9.17, 15) is 5.11 Å². The number of anilines is 1. The summed E-state index contributed by atoms with van der Waals surface area (Å²) in [5.41, 5.74) is 9.66. The van der Waals surface area contributed by atoms with Gasteiger partial charge >= 0.3 is 0 Å². The quantitative estimate of drug-likeness (QED) is 0.424. The molecular formula is C26H26N4O2S. The van der Waals surface area contributed by atoms with Gasteiger partial charge in [-0.2, -0.15) is 0 Å². The van der Waals surface area contributed by atoms with Crippen molar-refractivity contribution in [2.75, 3.05) is 31.2 Å². The monoisotopic (exact) mass is 458 g/mol. The Hall–Kier alpha value is -3.42. The standard InChI is InChI=1S/C26H26N4O2S/c27-10-2-1-5-18-6-3-7-19(15-18)23-17-22-24(33-23)26(30-11-13-32-14-12-30)29-25(28-22)20-8-4-9-21(31)16-20/h2-4,6-10,15-17,31H,1,5,11-14,27H2. The minimum atomic E-state index is 0.205. The molecule has 2 aromatic heterocycles. The summed E-state index contributed by atoms with van der Waals surface area (Å²) in [4.78, 5) is 13.3. The zero-order chi connectivity index (χ0) is 22.6. The van der Waals surface area contributed by atoms with Crippen LogP contribution in [0.4, 0.5) is 5.82 Å². The van der Waals surface area contributed by atoms with Crippen LogP contribution in [0.15, 0.2) is 66.9 Å². The molecular weight excluding hydrogens is 432 g/mol. The minimum Gasteiger partial charge on any atom is -0.508 e. The molecule has 1 aliphatic heterocycles. The molecule has 1 aliphatic rings. The van der Waals surface area contributed by atoms with Crippen molar-refractivity contribution in [3.8, 4) is 27.6 Å². The Kier molecular flexibility index (Phi) is 6.24. The molecule has 2 aromatic carbocycles. The predicted molar refractivity (Wildman–Crippen MR) is 135 cm³/mol. The average Bonchev–Trinajstić information content (AvgIpc) is 3.29. The first-order valence-corrected chi connectivity index (χ1v) is 11.9. The Bertz CT molecular complexity index is 1290. The van der Waals surface area contributed by atoms with Crippen LogP contribution in [-0.4, -0.2) is 41.4 Å². The lowest BCUT2D eigenvalue weighted by atomic mass is 10.1. The minimum absolute atomic E-state index is 0.205. The first-order chi connectivity index (χ1) is 16.2. The Labute approximate surface area is 197 Å². The molecule has 3 N–H and O–H groups in total. The summed E-state index contributed by atoms with van der Waals surface area (Å²) < 4.78 is 6.64. The fourth-order valence-electron chi connectivity index (χ4n) is 4.05. The summed E-state index contributed by atoms with van der Waals surface area (Å²) >= 11 is 1.72. The number of aryl methyl sites for hydroxylation is 1. The average molecular weight is 459 g/mol. The van der Waals surface area contributed by atoms with Crippen molar-refractivity contribution in [3.05, 3.63) is 72.4 Å². The summed E-state index contributed by atoms with van der Waals surface area (Å²) in [6, 6.07) is 17.9. The molecule has 0 radical (unpaired) electrons. The third kappa shape index (κ3) is 4.69. The second-order valence-corrected chi connectivity index (χ2v) is 9.06. The third-order valence-electron chi connectivity index (χ3n) is 5.72. The number of nitrogens with two attached hydrogens (primary N) is 1. The third-order valence-corrected chi connectivity index (χ3v) is 6.89. The molecule has 7 heteroatoms. The first kappa shape index (κ1) is 21.4. The number of morpholine rings is 1. The van der Waals surface area contributed by atoms with E-state index in [1.165, 1.54) is 11.1 Å². The number of aromatic nitrogens is 2. The van der Waals surface area contributed by atoms with Crippen molar-refractivity contribution < 1.29 is 9.84 Å². The molecule has 0 spiro atoms. The highest BCUT2D eigenvalue weighted by Gasteiger charge is 2.20. The van der Waals surface area contributed by atoms with Crippen LogP contribution in [0.3, 0.4) is 0 Å². The van der Waals surface area contributed by atoms with E-state index in [1.54, 1.807) is 29.7 Å². The van der Waals surface area contributed by atoms with Gasteiger partial charge in [0.2, 0.25) is 0 Å². The van der Waals surface area contributed by atoms with E-state index in [-0.39, 0.29) is 5.75 Å². The number of thiophene rings is 1. The fourth-order valence-corrected chi connectivity index (χ4v) is 5.16. The molecule has 4 aromatic rings. The van der Waals surface area contributed by atoms with E-state index in [2.05, 4.69) is 35.2 Å². The second kappa shape index (κ2) is 9.60. The molecule has 3 heterocycles. The number of phenols is 1. The summed E-state index contributed by atoms with van der Waals surface area (Å²) in [5, 5.41) is 9.97. The van der Waals surface area contributed by atoms with E-state index in [0.29, 0.717) is 19.0 Å². The maximum absolute atomic E-state index is 9.97. The Morgan fingerprint density at radius 1 is 1.03 bits per heavy atom. The maximum Gasteiger partial charge on any atom is 0.162 e. The highest BCUT2D eigenvalue weighted by atomic mass is 32.1. The van der Waals surface area contributed by atoms with Gasteiger partial charge in [0.25, 0.3) is 0 Å².